The van der Waals surface area contributed by atoms with Gasteiger partial charge in [0, 0.05) is 6.07 Å². The zero-order valence-corrected chi connectivity index (χ0v) is 11.7. The summed E-state index contributed by atoms with van der Waals surface area (Å²) in [6.45, 7) is 2.39. The van der Waals surface area contributed by atoms with Crippen molar-refractivity contribution in [1.82, 2.24) is 5.32 Å². The fourth-order valence-electron chi connectivity index (χ4n) is 3.13. The number of carbonyl (C=O) groups excluding carboxylic acids is 1. The second-order valence-electron chi connectivity index (χ2n) is 5.42. The lowest BCUT2D eigenvalue weighted by Gasteiger charge is -2.34. The van der Waals surface area contributed by atoms with Crippen LogP contribution in [0.5, 0.6) is 5.75 Å². The first-order chi connectivity index (χ1) is 9.75. The number of benzene rings is 1. The maximum absolute atomic E-state index is 12.2. The summed E-state index contributed by atoms with van der Waals surface area (Å²) in [5.41, 5.74) is 0.640. The standard InChI is InChI=1S/C15H20N2O3/c1-19-13-5-2-4-12(10-13)17-14(18)20-11-15(17)6-3-8-16-9-7-15/h2,4-5,10,16H,3,6-9,11H2,1H3. The molecule has 20 heavy (non-hydrogen) atoms. The van der Waals surface area contributed by atoms with Crippen molar-refractivity contribution in [3.63, 3.8) is 0 Å². The van der Waals surface area contributed by atoms with Crippen molar-refractivity contribution in [2.75, 3.05) is 31.7 Å². The van der Waals surface area contributed by atoms with Crippen molar-refractivity contribution in [2.24, 2.45) is 0 Å². The van der Waals surface area contributed by atoms with Crippen molar-refractivity contribution in [1.29, 1.82) is 0 Å². The van der Waals surface area contributed by atoms with Crippen LogP contribution in [0.1, 0.15) is 19.3 Å². The van der Waals surface area contributed by atoms with Crippen molar-refractivity contribution < 1.29 is 14.3 Å². The molecule has 1 aromatic carbocycles. The molecule has 0 saturated carbocycles. The lowest BCUT2D eigenvalue weighted by molar-refractivity contribution is 0.170. The van der Waals surface area contributed by atoms with Gasteiger partial charge in [-0.1, -0.05) is 6.07 Å². The fourth-order valence-corrected chi connectivity index (χ4v) is 3.13. The van der Waals surface area contributed by atoms with Crippen LogP contribution in [-0.2, 0) is 4.74 Å². The van der Waals surface area contributed by atoms with Crippen LogP contribution in [0.25, 0.3) is 0 Å². The Kier molecular flexibility index (Phi) is 3.53. The number of methoxy groups -OCH3 is 1. The molecule has 108 valence electrons. The third-order valence-electron chi connectivity index (χ3n) is 4.20. The van der Waals surface area contributed by atoms with E-state index >= 15 is 0 Å². The van der Waals surface area contributed by atoms with Crippen LogP contribution in [0.15, 0.2) is 24.3 Å². The summed E-state index contributed by atoms with van der Waals surface area (Å²) < 4.78 is 10.6. The third-order valence-corrected chi connectivity index (χ3v) is 4.20. The number of nitrogens with zero attached hydrogens (tertiary/aromatic N) is 1. The molecule has 2 fully saturated rings. The molecule has 5 nitrogen and oxygen atoms in total. The molecule has 3 rings (SSSR count). The maximum atomic E-state index is 12.2. The highest BCUT2D eigenvalue weighted by Gasteiger charge is 2.48. The van der Waals surface area contributed by atoms with Crippen LogP contribution >= 0.6 is 0 Å². The van der Waals surface area contributed by atoms with Gasteiger partial charge < -0.3 is 14.8 Å². The largest absolute Gasteiger partial charge is 0.497 e. The molecule has 5 heteroatoms. The number of carbonyl (C=O) groups is 1. The maximum Gasteiger partial charge on any atom is 0.415 e. The number of amides is 1. The highest BCUT2D eigenvalue weighted by atomic mass is 16.6. The highest BCUT2D eigenvalue weighted by molar-refractivity contribution is 5.91. The van der Waals surface area contributed by atoms with Crippen LogP contribution in [-0.4, -0.2) is 38.4 Å². The molecule has 1 atom stereocenters. The minimum Gasteiger partial charge on any atom is -0.497 e. The molecule has 0 aromatic heterocycles. The Labute approximate surface area is 118 Å². The second-order valence-corrected chi connectivity index (χ2v) is 5.42. The Morgan fingerprint density at radius 2 is 2.25 bits per heavy atom. The molecule has 1 unspecified atom stereocenters. The quantitative estimate of drug-likeness (QED) is 0.899. The van der Waals surface area contributed by atoms with Gasteiger partial charge in [-0.15, -0.1) is 0 Å². The molecule has 2 aliphatic rings. The van der Waals surface area contributed by atoms with E-state index in [9.17, 15) is 4.79 Å². The molecule has 1 spiro atoms. The van der Waals surface area contributed by atoms with E-state index in [1.54, 1.807) is 7.11 Å². The van der Waals surface area contributed by atoms with E-state index in [0.29, 0.717) is 6.61 Å². The number of rotatable bonds is 2. The van der Waals surface area contributed by atoms with Gasteiger partial charge in [0.05, 0.1) is 18.3 Å². The Morgan fingerprint density at radius 3 is 3.10 bits per heavy atom. The van der Waals surface area contributed by atoms with Gasteiger partial charge in [0.15, 0.2) is 0 Å². The Balaban J connectivity index is 1.96. The van der Waals surface area contributed by atoms with E-state index in [2.05, 4.69) is 5.32 Å². The Hall–Kier alpha value is -1.75. The van der Waals surface area contributed by atoms with Gasteiger partial charge in [-0.3, -0.25) is 4.90 Å². The van der Waals surface area contributed by atoms with Gasteiger partial charge in [0.2, 0.25) is 0 Å². The monoisotopic (exact) mass is 276 g/mol. The Bertz CT molecular complexity index is 496. The minimum absolute atomic E-state index is 0.215. The van der Waals surface area contributed by atoms with E-state index < -0.39 is 0 Å². The van der Waals surface area contributed by atoms with Gasteiger partial charge in [-0.2, -0.15) is 0 Å². The normalized spacial score (nSPS) is 26.4. The number of hydrogen-bond donors (Lipinski definition) is 1. The van der Waals surface area contributed by atoms with E-state index in [0.717, 1.165) is 43.8 Å². The highest BCUT2D eigenvalue weighted by Crippen LogP contribution is 2.38. The van der Waals surface area contributed by atoms with Crippen molar-refractivity contribution >= 4 is 11.8 Å². The molecule has 2 aliphatic heterocycles. The van der Waals surface area contributed by atoms with Gasteiger partial charge in [-0.25, -0.2) is 4.79 Å². The molecular formula is C15H20N2O3. The molecule has 1 aromatic rings. The van der Waals surface area contributed by atoms with Crippen LogP contribution in [0.3, 0.4) is 0 Å². The predicted octanol–water partition coefficient (Wildman–Crippen LogP) is 2.16. The summed E-state index contributed by atoms with van der Waals surface area (Å²) in [4.78, 5) is 14.0. The predicted molar refractivity (Wildman–Crippen MR) is 76.3 cm³/mol. The first-order valence-corrected chi connectivity index (χ1v) is 7.07. The third kappa shape index (κ3) is 2.22. The number of ether oxygens (including phenoxy) is 2. The van der Waals surface area contributed by atoms with Crippen molar-refractivity contribution in [3.8, 4) is 5.75 Å². The SMILES string of the molecule is COc1cccc(N2C(=O)OCC23CCCNCC3)c1. The number of nitrogens with one attached hydrogen (secondary N) is 1. The van der Waals surface area contributed by atoms with Crippen LogP contribution in [0.2, 0.25) is 0 Å². The number of anilines is 1. The van der Waals surface area contributed by atoms with Crippen molar-refractivity contribution in [3.05, 3.63) is 24.3 Å². The summed E-state index contributed by atoms with van der Waals surface area (Å²) in [5.74, 6) is 0.754. The smallest absolute Gasteiger partial charge is 0.415 e. The van der Waals surface area contributed by atoms with E-state index in [-0.39, 0.29) is 11.6 Å². The zero-order valence-electron chi connectivity index (χ0n) is 11.7. The number of cyclic esters (lactones) is 1. The summed E-state index contributed by atoms with van der Waals surface area (Å²) >= 11 is 0. The second kappa shape index (κ2) is 5.32. The summed E-state index contributed by atoms with van der Waals surface area (Å²) in [6, 6.07) is 7.62. The average Bonchev–Trinajstić information content (AvgIpc) is 2.65. The average molecular weight is 276 g/mol. The molecular weight excluding hydrogens is 256 g/mol. The molecule has 2 heterocycles. The lowest BCUT2D eigenvalue weighted by atomic mass is 9.90. The summed E-state index contributed by atoms with van der Waals surface area (Å²) in [5, 5.41) is 3.39. The molecule has 2 saturated heterocycles. The van der Waals surface area contributed by atoms with E-state index in [1.165, 1.54) is 0 Å². The molecule has 0 aliphatic carbocycles. The van der Waals surface area contributed by atoms with Crippen LogP contribution < -0.4 is 15.0 Å². The van der Waals surface area contributed by atoms with Crippen LogP contribution in [0.4, 0.5) is 10.5 Å². The zero-order chi connectivity index (χ0) is 14.0. The topological polar surface area (TPSA) is 50.8 Å². The van der Waals surface area contributed by atoms with Gasteiger partial charge >= 0.3 is 6.09 Å². The molecule has 0 bridgehead atoms. The lowest BCUT2D eigenvalue weighted by Crippen LogP contribution is -2.48. The molecule has 1 amide bonds. The Morgan fingerprint density at radius 1 is 1.35 bits per heavy atom. The number of hydrogen-bond acceptors (Lipinski definition) is 4. The summed E-state index contributed by atoms with van der Waals surface area (Å²) in [7, 11) is 1.63. The van der Waals surface area contributed by atoms with E-state index in [1.807, 2.05) is 29.2 Å². The first-order valence-electron chi connectivity index (χ1n) is 7.07. The summed E-state index contributed by atoms with van der Waals surface area (Å²) in [6.07, 6.45) is 2.68. The fraction of sp³-hybridized carbons (Fsp3) is 0.533. The molecule has 0 radical (unpaired) electrons. The van der Waals surface area contributed by atoms with Gasteiger partial charge in [-0.05, 0) is 44.5 Å². The van der Waals surface area contributed by atoms with Gasteiger partial charge in [0.1, 0.15) is 12.4 Å². The van der Waals surface area contributed by atoms with Crippen LogP contribution in [0, 0.1) is 0 Å². The first kappa shape index (κ1) is 13.2. The molecule has 1 N–H and O–H groups in total. The minimum atomic E-state index is -0.250. The van der Waals surface area contributed by atoms with Gasteiger partial charge in [0.25, 0.3) is 0 Å². The van der Waals surface area contributed by atoms with Crippen molar-refractivity contribution in [2.45, 2.75) is 24.8 Å². The van der Waals surface area contributed by atoms with E-state index in [4.69, 9.17) is 9.47 Å².